The van der Waals surface area contributed by atoms with Crippen LogP contribution in [-0.4, -0.2) is 29.8 Å². The number of imide groups is 1. The van der Waals surface area contributed by atoms with Crippen LogP contribution in [-0.2, 0) is 11.3 Å². The first-order chi connectivity index (χ1) is 13.4. The van der Waals surface area contributed by atoms with Gasteiger partial charge in [0.1, 0.15) is 0 Å². The molecule has 5 nitrogen and oxygen atoms in total. The molecule has 0 spiro atoms. The third-order valence-corrected chi connectivity index (χ3v) is 5.48. The molecule has 28 heavy (non-hydrogen) atoms. The van der Waals surface area contributed by atoms with E-state index in [9.17, 15) is 9.59 Å². The van der Waals surface area contributed by atoms with Crippen LogP contribution in [0.4, 0.5) is 4.79 Å². The Morgan fingerprint density at radius 2 is 1.82 bits per heavy atom. The maximum Gasteiger partial charge on any atom is 0.293 e. The van der Waals surface area contributed by atoms with Gasteiger partial charge in [-0.15, -0.1) is 0 Å². The molecule has 8 heteroatoms. The summed E-state index contributed by atoms with van der Waals surface area (Å²) in [4.78, 5) is 26.6. The quantitative estimate of drug-likeness (QED) is 0.547. The van der Waals surface area contributed by atoms with Crippen LogP contribution in [0.2, 0.25) is 10.0 Å². The molecule has 0 atom stereocenters. The molecule has 0 radical (unpaired) electrons. The first kappa shape index (κ1) is 20.6. The molecule has 1 fully saturated rings. The van der Waals surface area contributed by atoms with Gasteiger partial charge in [-0.05, 0) is 54.1 Å². The average Bonchev–Trinajstić information content (AvgIpc) is 2.93. The van der Waals surface area contributed by atoms with Crippen molar-refractivity contribution in [3.63, 3.8) is 0 Å². The molecule has 0 N–H and O–H groups in total. The summed E-state index contributed by atoms with van der Waals surface area (Å²) in [5, 5.41) is 0.655. The lowest BCUT2D eigenvalue weighted by Gasteiger charge is -2.13. The van der Waals surface area contributed by atoms with Gasteiger partial charge >= 0.3 is 0 Å². The van der Waals surface area contributed by atoms with Gasteiger partial charge in [0.05, 0.1) is 30.2 Å². The summed E-state index contributed by atoms with van der Waals surface area (Å²) in [5.41, 5.74) is 1.39. The lowest BCUT2D eigenvalue weighted by atomic mass is 10.1. The molecule has 0 saturated carbocycles. The number of nitrogens with zero attached hydrogens (tertiary/aromatic N) is 1. The summed E-state index contributed by atoms with van der Waals surface area (Å²) in [5.74, 6) is 0.649. The second-order valence-electron chi connectivity index (χ2n) is 5.85. The van der Waals surface area contributed by atoms with Crippen molar-refractivity contribution < 1.29 is 19.1 Å². The lowest BCUT2D eigenvalue weighted by Crippen LogP contribution is -2.27. The fourth-order valence-corrected chi connectivity index (χ4v) is 3.80. The predicted octanol–water partition coefficient (Wildman–Crippen LogP) is 5.64. The number of thioether (sulfide) groups is 1. The van der Waals surface area contributed by atoms with E-state index in [1.165, 1.54) is 12.0 Å². The van der Waals surface area contributed by atoms with Gasteiger partial charge in [0, 0.05) is 11.1 Å². The fourth-order valence-electron chi connectivity index (χ4n) is 2.64. The minimum atomic E-state index is -0.366. The van der Waals surface area contributed by atoms with E-state index in [0.29, 0.717) is 38.6 Å². The molecule has 2 aromatic rings. The number of ether oxygens (including phenoxy) is 2. The van der Waals surface area contributed by atoms with Gasteiger partial charge in [0.15, 0.2) is 11.5 Å². The van der Waals surface area contributed by atoms with Crippen molar-refractivity contribution in [3.05, 3.63) is 62.5 Å². The Hall–Kier alpha value is -2.15. The second-order valence-corrected chi connectivity index (χ2v) is 7.69. The number of halogens is 2. The number of benzene rings is 2. The summed E-state index contributed by atoms with van der Waals surface area (Å²) in [6.07, 6.45) is 1.59. The van der Waals surface area contributed by atoms with Gasteiger partial charge in [-0.3, -0.25) is 14.5 Å². The Balaban J connectivity index is 1.87. The molecule has 0 bridgehead atoms. The second kappa shape index (κ2) is 8.90. The molecule has 0 aromatic heterocycles. The van der Waals surface area contributed by atoms with Crippen LogP contribution in [0.15, 0.2) is 41.3 Å². The maximum atomic E-state index is 12.7. The minimum Gasteiger partial charge on any atom is -0.493 e. The highest BCUT2D eigenvalue weighted by molar-refractivity contribution is 8.18. The van der Waals surface area contributed by atoms with Crippen LogP contribution in [0.3, 0.4) is 0 Å². The standard InChI is InChI=1S/C20H17Cl2NO4S/c1-3-27-17-8-13(15(22)10-16(17)26-2)9-18-19(24)23(20(25)28-18)11-12-4-6-14(21)7-5-12/h4-10H,3,11H2,1-2H3/b18-9-. The van der Waals surface area contributed by atoms with E-state index in [0.717, 1.165) is 17.3 Å². The van der Waals surface area contributed by atoms with Gasteiger partial charge in [-0.25, -0.2) is 0 Å². The SMILES string of the molecule is CCOc1cc(/C=C2\SC(=O)N(Cc3ccc(Cl)cc3)C2=O)c(Cl)cc1OC. The Bertz CT molecular complexity index is 944. The van der Waals surface area contributed by atoms with Crippen LogP contribution in [0.1, 0.15) is 18.1 Å². The summed E-state index contributed by atoms with van der Waals surface area (Å²) in [6, 6.07) is 10.3. The topological polar surface area (TPSA) is 55.8 Å². The van der Waals surface area contributed by atoms with Gasteiger partial charge in [0.25, 0.3) is 11.1 Å². The number of carbonyl (C=O) groups is 2. The van der Waals surface area contributed by atoms with Crippen molar-refractivity contribution in [2.24, 2.45) is 0 Å². The average molecular weight is 438 g/mol. The van der Waals surface area contributed by atoms with Crippen molar-refractivity contribution >= 4 is 52.2 Å². The summed E-state index contributed by atoms with van der Waals surface area (Å²) in [7, 11) is 1.52. The Morgan fingerprint density at radius 3 is 2.46 bits per heavy atom. The third kappa shape index (κ3) is 4.46. The molecular weight excluding hydrogens is 421 g/mol. The summed E-state index contributed by atoms with van der Waals surface area (Å²) in [6.45, 7) is 2.49. The van der Waals surface area contributed by atoms with Gasteiger partial charge in [0.2, 0.25) is 0 Å². The number of methoxy groups -OCH3 is 1. The van der Waals surface area contributed by atoms with Crippen molar-refractivity contribution in [2.45, 2.75) is 13.5 Å². The number of rotatable bonds is 6. The Labute approximate surface area is 177 Å². The zero-order chi connectivity index (χ0) is 20.3. The van der Waals surface area contributed by atoms with E-state index in [-0.39, 0.29) is 17.7 Å². The molecule has 2 amide bonds. The number of amides is 2. The lowest BCUT2D eigenvalue weighted by molar-refractivity contribution is -0.123. The molecular formula is C20H17Cl2NO4S. The zero-order valence-corrected chi connectivity index (χ0v) is 17.5. The fraction of sp³-hybridized carbons (Fsp3) is 0.200. The van der Waals surface area contributed by atoms with Crippen LogP contribution in [0, 0.1) is 0 Å². The van der Waals surface area contributed by atoms with E-state index >= 15 is 0 Å². The Kier molecular flexibility index (Phi) is 6.54. The molecule has 0 unspecified atom stereocenters. The maximum absolute atomic E-state index is 12.7. The van der Waals surface area contributed by atoms with Crippen LogP contribution in [0.5, 0.6) is 11.5 Å². The van der Waals surface area contributed by atoms with Crippen molar-refractivity contribution in [1.82, 2.24) is 4.90 Å². The molecule has 1 saturated heterocycles. The van der Waals surface area contributed by atoms with Crippen molar-refractivity contribution in [3.8, 4) is 11.5 Å². The highest BCUT2D eigenvalue weighted by Gasteiger charge is 2.35. The van der Waals surface area contributed by atoms with E-state index in [1.807, 2.05) is 6.92 Å². The molecule has 1 aliphatic rings. The van der Waals surface area contributed by atoms with Gasteiger partial charge < -0.3 is 9.47 Å². The minimum absolute atomic E-state index is 0.180. The first-order valence-corrected chi connectivity index (χ1v) is 10.00. The van der Waals surface area contributed by atoms with E-state index in [4.69, 9.17) is 32.7 Å². The molecule has 3 rings (SSSR count). The molecule has 1 aliphatic heterocycles. The highest BCUT2D eigenvalue weighted by Crippen LogP contribution is 2.38. The number of carbonyl (C=O) groups excluding carboxylic acids is 2. The monoisotopic (exact) mass is 437 g/mol. The smallest absolute Gasteiger partial charge is 0.293 e. The van der Waals surface area contributed by atoms with E-state index in [2.05, 4.69) is 0 Å². The largest absolute Gasteiger partial charge is 0.493 e. The molecule has 1 heterocycles. The van der Waals surface area contributed by atoms with Crippen LogP contribution < -0.4 is 9.47 Å². The highest BCUT2D eigenvalue weighted by atomic mass is 35.5. The van der Waals surface area contributed by atoms with E-state index in [1.54, 1.807) is 42.5 Å². The summed E-state index contributed by atoms with van der Waals surface area (Å²) >= 11 is 13.1. The number of hydrogen-bond acceptors (Lipinski definition) is 5. The summed E-state index contributed by atoms with van der Waals surface area (Å²) < 4.78 is 10.8. The van der Waals surface area contributed by atoms with Gasteiger partial charge in [-0.2, -0.15) is 0 Å². The van der Waals surface area contributed by atoms with Crippen LogP contribution in [0.25, 0.3) is 6.08 Å². The van der Waals surface area contributed by atoms with Crippen molar-refractivity contribution in [2.75, 3.05) is 13.7 Å². The predicted molar refractivity (Wildman–Crippen MR) is 112 cm³/mol. The molecule has 2 aromatic carbocycles. The zero-order valence-electron chi connectivity index (χ0n) is 15.2. The third-order valence-electron chi connectivity index (χ3n) is 4.00. The normalized spacial score (nSPS) is 15.4. The molecule has 146 valence electrons. The van der Waals surface area contributed by atoms with Gasteiger partial charge in [-0.1, -0.05) is 35.3 Å². The van der Waals surface area contributed by atoms with Crippen LogP contribution >= 0.6 is 35.0 Å². The molecule has 0 aliphatic carbocycles. The number of hydrogen-bond donors (Lipinski definition) is 0. The Morgan fingerprint density at radius 1 is 1.11 bits per heavy atom. The van der Waals surface area contributed by atoms with Crippen molar-refractivity contribution in [1.29, 1.82) is 0 Å². The first-order valence-electron chi connectivity index (χ1n) is 8.43. The van der Waals surface area contributed by atoms with E-state index < -0.39 is 0 Å².